The molecule has 19 heavy (non-hydrogen) atoms. The second-order valence-corrected chi connectivity index (χ2v) is 5.69. The fraction of sp³-hybridized carbons (Fsp3) is 0.400. The Bertz CT molecular complexity index is 525. The van der Waals surface area contributed by atoms with E-state index in [4.69, 9.17) is 9.84 Å². The van der Waals surface area contributed by atoms with Gasteiger partial charge >= 0.3 is 0 Å². The van der Waals surface area contributed by atoms with E-state index in [9.17, 15) is 13.2 Å². The zero-order valence-corrected chi connectivity index (χ0v) is 11.2. The summed E-state index contributed by atoms with van der Waals surface area (Å²) in [6.07, 6.45) is 0.638. The number of nitrogens with one attached hydrogen (secondary N) is 1. The molecule has 9 heteroatoms. The molecule has 0 unspecified atom stereocenters. The van der Waals surface area contributed by atoms with Gasteiger partial charge in [-0.25, -0.2) is 17.7 Å². The molecule has 1 rings (SSSR count). The van der Waals surface area contributed by atoms with Gasteiger partial charge in [-0.3, -0.25) is 4.79 Å². The molecule has 8 nitrogen and oxygen atoms in total. The lowest BCUT2D eigenvalue weighted by Gasteiger charge is -2.34. The van der Waals surface area contributed by atoms with E-state index in [2.05, 4.69) is 23.5 Å². The zero-order chi connectivity index (χ0) is 14.6. The number of amides is 1. The zero-order valence-electron chi connectivity index (χ0n) is 10.4. The van der Waals surface area contributed by atoms with Crippen molar-refractivity contribution < 1.29 is 23.1 Å². The van der Waals surface area contributed by atoms with Crippen molar-refractivity contribution in [3.63, 3.8) is 0 Å². The lowest BCUT2D eigenvalue weighted by Crippen LogP contribution is -2.49. The molecule has 1 amide bonds. The van der Waals surface area contributed by atoms with Crippen molar-refractivity contribution in [1.29, 1.82) is 0 Å². The lowest BCUT2D eigenvalue weighted by molar-refractivity contribution is -0.108. The van der Waals surface area contributed by atoms with Crippen molar-refractivity contribution in [2.24, 2.45) is 4.99 Å². The van der Waals surface area contributed by atoms with Crippen LogP contribution in [0.15, 0.2) is 29.7 Å². The fourth-order valence-electron chi connectivity index (χ4n) is 1.44. The van der Waals surface area contributed by atoms with Crippen LogP contribution in [0.1, 0.15) is 0 Å². The van der Waals surface area contributed by atoms with Crippen LogP contribution < -0.4 is 5.32 Å². The Kier molecular flexibility index (Phi) is 4.67. The van der Waals surface area contributed by atoms with E-state index in [0.29, 0.717) is 6.41 Å². The standard InChI is InChI=1S/C10H15N3O5S/c1-7-10(12-8(2)11-6-15)13(19(3,16)17)4-9(5-14)18-7/h6,9,14H,1-2,4-5H2,3H3,(H,11,15)/t9-/m1/s1. The summed E-state index contributed by atoms with van der Waals surface area (Å²) in [6.45, 7) is 6.52. The van der Waals surface area contributed by atoms with Crippen LogP contribution in [0.25, 0.3) is 0 Å². The third-order valence-electron chi connectivity index (χ3n) is 2.23. The maximum Gasteiger partial charge on any atom is 0.233 e. The Hall–Kier alpha value is -1.87. The average Bonchev–Trinajstić information content (AvgIpc) is 2.30. The number of hydrogen-bond donors (Lipinski definition) is 2. The van der Waals surface area contributed by atoms with Crippen LogP contribution in [0.2, 0.25) is 0 Å². The molecule has 1 fully saturated rings. The number of nitrogens with zero attached hydrogens (tertiary/aromatic N) is 2. The monoisotopic (exact) mass is 289 g/mol. The van der Waals surface area contributed by atoms with E-state index in [-0.39, 0.29) is 30.6 Å². The number of morpholine rings is 1. The largest absolute Gasteiger partial charge is 0.483 e. The number of aliphatic hydroxyl groups excluding tert-OH is 1. The lowest BCUT2D eigenvalue weighted by atomic mass is 10.3. The molecule has 0 aromatic heterocycles. The molecule has 0 aromatic carbocycles. The molecular weight excluding hydrogens is 274 g/mol. The topological polar surface area (TPSA) is 108 Å². The third kappa shape index (κ3) is 3.80. The predicted molar refractivity (Wildman–Crippen MR) is 68.4 cm³/mol. The van der Waals surface area contributed by atoms with Crippen LogP contribution in [-0.4, -0.2) is 55.6 Å². The van der Waals surface area contributed by atoms with Crippen LogP contribution in [0.3, 0.4) is 0 Å². The number of amidine groups is 1. The average molecular weight is 289 g/mol. The highest BCUT2D eigenvalue weighted by atomic mass is 32.2. The normalized spacial score (nSPS) is 22.0. The number of rotatable bonds is 5. The fourth-order valence-corrected chi connectivity index (χ4v) is 2.33. The highest BCUT2D eigenvalue weighted by molar-refractivity contribution is 7.88. The van der Waals surface area contributed by atoms with Crippen LogP contribution in [0.4, 0.5) is 0 Å². The minimum Gasteiger partial charge on any atom is -0.483 e. The first-order valence-corrected chi connectivity index (χ1v) is 7.06. The summed E-state index contributed by atoms with van der Waals surface area (Å²) in [6, 6.07) is 0. The van der Waals surface area contributed by atoms with E-state index >= 15 is 0 Å². The molecule has 1 saturated heterocycles. The molecule has 1 heterocycles. The van der Waals surface area contributed by atoms with Gasteiger partial charge in [0.1, 0.15) is 11.9 Å². The Labute approximate surface area is 111 Å². The Morgan fingerprint density at radius 3 is 2.84 bits per heavy atom. The molecular formula is C10H15N3O5S. The number of hydrogen-bond acceptors (Lipinski definition) is 6. The molecule has 106 valence electrons. The van der Waals surface area contributed by atoms with Crippen molar-refractivity contribution in [3.8, 4) is 0 Å². The summed E-state index contributed by atoms with van der Waals surface area (Å²) in [4.78, 5) is 14.1. The molecule has 0 aromatic rings. The Morgan fingerprint density at radius 1 is 1.74 bits per heavy atom. The number of sulfonamides is 1. The van der Waals surface area contributed by atoms with Crippen LogP contribution in [0.5, 0.6) is 0 Å². The number of carbonyl (C=O) groups excluding carboxylic acids is 1. The number of carbonyl (C=O) groups is 1. The predicted octanol–water partition coefficient (Wildman–Crippen LogP) is -1.23. The van der Waals surface area contributed by atoms with Gasteiger partial charge in [-0.2, -0.15) is 0 Å². The van der Waals surface area contributed by atoms with Gasteiger partial charge in [0.25, 0.3) is 0 Å². The maximum absolute atomic E-state index is 11.7. The van der Waals surface area contributed by atoms with Crippen LogP contribution in [0, 0.1) is 0 Å². The first-order chi connectivity index (χ1) is 8.79. The number of aliphatic imine (C=N–C) groups is 1. The quantitative estimate of drug-likeness (QED) is 0.616. The molecule has 0 spiro atoms. The van der Waals surface area contributed by atoms with E-state index in [1.165, 1.54) is 0 Å². The molecule has 0 aliphatic carbocycles. The van der Waals surface area contributed by atoms with E-state index in [0.717, 1.165) is 10.6 Å². The van der Waals surface area contributed by atoms with Gasteiger partial charge in [0.15, 0.2) is 11.6 Å². The van der Waals surface area contributed by atoms with Gasteiger partial charge in [-0.1, -0.05) is 13.2 Å². The Morgan fingerprint density at radius 2 is 2.37 bits per heavy atom. The highest BCUT2D eigenvalue weighted by Crippen LogP contribution is 2.19. The Balaban J connectivity index is 3.14. The van der Waals surface area contributed by atoms with Gasteiger partial charge in [0.05, 0.1) is 19.4 Å². The minimum atomic E-state index is -3.62. The van der Waals surface area contributed by atoms with Crippen molar-refractivity contribution in [3.05, 3.63) is 24.7 Å². The molecule has 0 saturated carbocycles. The van der Waals surface area contributed by atoms with Crippen molar-refractivity contribution in [2.75, 3.05) is 19.4 Å². The molecule has 0 bridgehead atoms. The van der Waals surface area contributed by atoms with E-state index in [1.54, 1.807) is 0 Å². The van der Waals surface area contributed by atoms with Gasteiger partial charge in [0, 0.05) is 0 Å². The van der Waals surface area contributed by atoms with Gasteiger partial charge < -0.3 is 15.2 Å². The number of aliphatic hydroxyl groups is 1. The summed E-state index contributed by atoms with van der Waals surface area (Å²) in [5, 5.41) is 11.2. The summed E-state index contributed by atoms with van der Waals surface area (Å²) in [7, 11) is -3.62. The molecule has 1 aliphatic heterocycles. The smallest absolute Gasteiger partial charge is 0.233 e. The summed E-state index contributed by atoms with van der Waals surface area (Å²) < 4.78 is 29.5. The molecule has 1 atom stereocenters. The van der Waals surface area contributed by atoms with Crippen LogP contribution >= 0.6 is 0 Å². The maximum atomic E-state index is 11.7. The van der Waals surface area contributed by atoms with E-state index in [1.807, 2.05) is 0 Å². The SMILES string of the molecule is C=C(N=C1C(=C)O[C@@H](CO)CN1S(C)(=O)=O)NC=O. The van der Waals surface area contributed by atoms with E-state index < -0.39 is 16.1 Å². The number of ether oxygens (including phenoxy) is 1. The van der Waals surface area contributed by atoms with Gasteiger partial charge in [0.2, 0.25) is 16.4 Å². The molecule has 2 N–H and O–H groups in total. The molecule has 1 aliphatic rings. The summed E-state index contributed by atoms with van der Waals surface area (Å²) in [5.74, 6) is -0.151. The van der Waals surface area contributed by atoms with Gasteiger partial charge in [-0.05, 0) is 0 Å². The van der Waals surface area contributed by atoms with Crippen LogP contribution in [-0.2, 0) is 19.6 Å². The molecule has 0 radical (unpaired) electrons. The summed E-state index contributed by atoms with van der Waals surface area (Å²) in [5.41, 5.74) is 0. The first kappa shape index (κ1) is 15.2. The second kappa shape index (κ2) is 5.85. The van der Waals surface area contributed by atoms with Crippen molar-refractivity contribution >= 4 is 22.3 Å². The summed E-state index contributed by atoms with van der Waals surface area (Å²) >= 11 is 0. The first-order valence-electron chi connectivity index (χ1n) is 5.22. The second-order valence-electron chi connectivity index (χ2n) is 3.78. The van der Waals surface area contributed by atoms with Gasteiger partial charge in [-0.15, -0.1) is 0 Å². The minimum absolute atomic E-state index is 0.0235. The van der Waals surface area contributed by atoms with Crippen molar-refractivity contribution in [1.82, 2.24) is 9.62 Å². The van der Waals surface area contributed by atoms with Crippen molar-refractivity contribution in [2.45, 2.75) is 6.10 Å². The third-order valence-corrected chi connectivity index (χ3v) is 3.36. The highest BCUT2D eigenvalue weighted by Gasteiger charge is 2.33.